The number of esters is 1. The summed E-state index contributed by atoms with van der Waals surface area (Å²) in [4.78, 5) is 24.7. The Bertz CT molecular complexity index is 883. The molecule has 1 fully saturated rings. The normalized spacial score (nSPS) is 39.7. The van der Waals surface area contributed by atoms with E-state index in [-0.39, 0.29) is 42.1 Å². The first kappa shape index (κ1) is 25.7. The van der Waals surface area contributed by atoms with Crippen molar-refractivity contribution in [3.63, 3.8) is 0 Å². The van der Waals surface area contributed by atoms with Crippen LogP contribution in [0.25, 0.3) is 0 Å². The number of hydrogen-bond acceptors (Lipinski definition) is 6. The van der Waals surface area contributed by atoms with E-state index in [4.69, 9.17) is 9.47 Å². The van der Waals surface area contributed by atoms with Crippen LogP contribution in [0.5, 0.6) is 0 Å². The summed E-state index contributed by atoms with van der Waals surface area (Å²) in [6.45, 7) is 11.4. The first-order valence-corrected chi connectivity index (χ1v) is 12.2. The molecule has 1 saturated heterocycles. The van der Waals surface area contributed by atoms with E-state index in [0.29, 0.717) is 24.8 Å². The largest absolute Gasteiger partial charge is 0.504 e. The quantitative estimate of drug-likeness (QED) is 0.351. The van der Waals surface area contributed by atoms with Crippen LogP contribution in [0.2, 0.25) is 0 Å². The van der Waals surface area contributed by atoms with Gasteiger partial charge in [-0.05, 0) is 70.8 Å². The number of aliphatic hydroxyl groups is 2. The van der Waals surface area contributed by atoms with Gasteiger partial charge in [0, 0.05) is 18.3 Å². The Labute approximate surface area is 197 Å². The molecular formula is C27H40O6. The van der Waals surface area contributed by atoms with Gasteiger partial charge in [-0.2, -0.15) is 0 Å². The molecule has 0 aromatic heterocycles. The van der Waals surface area contributed by atoms with Crippen molar-refractivity contribution in [2.45, 2.75) is 97.9 Å². The van der Waals surface area contributed by atoms with Crippen molar-refractivity contribution in [2.24, 2.45) is 17.3 Å². The highest BCUT2D eigenvalue weighted by atomic mass is 16.6. The lowest BCUT2D eigenvalue weighted by molar-refractivity contribution is -0.141. The molecule has 0 unspecified atom stereocenters. The van der Waals surface area contributed by atoms with Crippen LogP contribution in [-0.2, 0) is 19.1 Å². The number of hydrogen-bond donors (Lipinski definition) is 2. The van der Waals surface area contributed by atoms with Gasteiger partial charge in [0.15, 0.2) is 5.76 Å². The monoisotopic (exact) mass is 460 g/mol. The van der Waals surface area contributed by atoms with E-state index in [1.165, 1.54) is 18.1 Å². The van der Waals surface area contributed by atoms with Crippen LogP contribution < -0.4 is 0 Å². The van der Waals surface area contributed by atoms with E-state index in [9.17, 15) is 19.8 Å². The summed E-state index contributed by atoms with van der Waals surface area (Å²) in [5, 5.41) is 21.8. The lowest BCUT2D eigenvalue weighted by atomic mass is 9.69. The van der Waals surface area contributed by atoms with Crippen LogP contribution in [0.3, 0.4) is 0 Å². The highest BCUT2D eigenvalue weighted by molar-refractivity contribution is 6.02. The number of allylic oxidation sites excluding steroid dienone is 5. The predicted molar refractivity (Wildman–Crippen MR) is 127 cm³/mol. The Kier molecular flexibility index (Phi) is 7.59. The van der Waals surface area contributed by atoms with Gasteiger partial charge in [-0.1, -0.05) is 37.1 Å². The van der Waals surface area contributed by atoms with Gasteiger partial charge in [0.1, 0.15) is 5.60 Å². The summed E-state index contributed by atoms with van der Waals surface area (Å²) < 4.78 is 11.2. The lowest BCUT2D eigenvalue weighted by Gasteiger charge is -2.32. The second-order valence-corrected chi connectivity index (χ2v) is 10.7. The van der Waals surface area contributed by atoms with Crippen LogP contribution in [0.15, 0.2) is 34.6 Å². The van der Waals surface area contributed by atoms with Gasteiger partial charge in [0.2, 0.25) is 5.78 Å². The van der Waals surface area contributed by atoms with Gasteiger partial charge in [0.25, 0.3) is 0 Å². The summed E-state index contributed by atoms with van der Waals surface area (Å²) in [7, 11) is 0. The highest BCUT2D eigenvalue weighted by Crippen LogP contribution is 2.55. The minimum atomic E-state index is -0.811. The molecule has 6 atom stereocenters. The number of ketones is 1. The molecule has 3 rings (SSSR count). The van der Waals surface area contributed by atoms with Crippen LogP contribution >= 0.6 is 0 Å². The fourth-order valence-electron chi connectivity index (χ4n) is 5.45. The molecule has 2 aliphatic carbocycles. The number of epoxide rings is 1. The fourth-order valence-corrected chi connectivity index (χ4v) is 5.45. The zero-order valence-electron chi connectivity index (χ0n) is 20.9. The van der Waals surface area contributed by atoms with E-state index >= 15 is 0 Å². The molecule has 0 bridgehead atoms. The number of carbonyl (C=O) groups excluding carboxylic acids is 2. The van der Waals surface area contributed by atoms with Gasteiger partial charge in [-0.3, -0.25) is 9.59 Å². The Morgan fingerprint density at radius 3 is 2.58 bits per heavy atom. The zero-order chi connectivity index (χ0) is 24.6. The molecule has 2 N–H and O–H groups in total. The standard InChI is InChI=1S/C27H40O6/c1-16-8-7-9-17(2)12-13-26(5)20(14-22-27(6,33-22)21(29)11-10-16)23(24(30)25(26)31)18(3)15-32-19(4)28/h8,12,18,20-22,29-30H,7,9-11,13-15H2,1-6H3/b16-8+,17-12+/t18-,20-,21+,22-,26+,27-/m1/s1. The molecule has 1 aliphatic heterocycles. The van der Waals surface area contributed by atoms with Crippen LogP contribution in [0.1, 0.15) is 80.1 Å². The second kappa shape index (κ2) is 9.75. The maximum Gasteiger partial charge on any atom is 0.302 e. The minimum Gasteiger partial charge on any atom is -0.504 e. The van der Waals surface area contributed by atoms with Crippen molar-refractivity contribution in [2.75, 3.05) is 6.61 Å². The number of Topliss-reactive ketones (excluding diaryl/α,β-unsaturated/α-hetero) is 1. The summed E-state index contributed by atoms with van der Waals surface area (Å²) in [5.74, 6) is -1.40. The van der Waals surface area contributed by atoms with Gasteiger partial charge in [-0.25, -0.2) is 0 Å². The third-order valence-electron chi connectivity index (χ3n) is 8.03. The van der Waals surface area contributed by atoms with Gasteiger partial charge < -0.3 is 19.7 Å². The smallest absolute Gasteiger partial charge is 0.302 e. The average molecular weight is 461 g/mol. The number of ether oxygens (including phenoxy) is 2. The molecule has 33 heavy (non-hydrogen) atoms. The lowest BCUT2D eigenvalue weighted by Crippen LogP contribution is -2.35. The van der Waals surface area contributed by atoms with E-state index in [2.05, 4.69) is 26.0 Å². The topological polar surface area (TPSA) is 96.4 Å². The Balaban J connectivity index is 1.95. The second-order valence-electron chi connectivity index (χ2n) is 10.7. The Morgan fingerprint density at radius 2 is 1.91 bits per heavy atom. The Hall–Kier alpha value is -1.92. The summed E-state index contributed by atoms with van der Waals surface area (Å²) >= 11 is 0. The summed E-state index contributed by atoms with van der Waals surface area (Å²) in [6.07, 6.45) is 7.88. The van der Waals surface area contributed by atoms with Crippen LogP contribution in [0, 0.1) is 17.3 Å². The molecule has 6 heteroatoms. The van der Waals surface area contributed by atoms with Crippen molar-refractivity contribution in [3.05, 3.63) is 34.6 Å². The summed E-state index contributed by atoms with van der Waals surface area (Å²) in [6, 6.07) is 0. The van der Waals surface area contributed by atoms with Crippen molar-refractivity contribution in [1.82, 2.24) is 0 Å². The van der Waals surface area contributed by atoms with E-state index in [1.54, 1.807) is 0 Å². The fraction of sp³-hybridized carbons (Fsp3) is 0.704. The average Bonchev–Trinajstić information content (AvgIpc) is 3.38. The van der Waals surface area contributed by atoms with Gasteiger partial charge in [0.05, 0.1) is 18.8 Å². The maximum atomic E-state index is 13.4. The third kappa shape index (κ3) is 5.27. The minimum absolute atomic E-state index is 0.111. The van der Waals surface area contributed by atoms with Crippen molar-refractivity contribution in [3.8, 4) is 0 Å². The zero-order valence-corrected chi connectivity index (χ0v) is 20.9. The molecule has 0 radical (unpaired) electrons. The van der Waals surface area contributed by atoms with Crippen LogP contribution in [-0.4, -0.2) is 46.4 Å². The number of rotatable bonds is 3. The van der Waals surface area contributed by atoms with E-state index in [0.717, 1.165) is 19.3 Å². The predicted octanol–water partition coefficient (Wildman–Crippen LogP) is 4.97. The van der Waals surface area contributed by atoms with Crippen molar-refractivity contribution < 1.29 is 29.3 Å². The van der Waals surface area contributed by atoms with Gasteiger partial charge in [-0.15, -0.1) is 0 Å². The molecular weight excluding hydrogens is 420 g/mol. The van der Waals surface area contributed by atoms with Gasteiger partial charge >= 0.3 is 5.97 Å². The summed E-state index contributed by atoms with van der Waals surface area (Å²) in [5.41, 5.74) is 1.66. The highest BCUT2D eigenvalue weighted by Gasteiger charge is 2.61. The SMILES string of the molecule is CC(=O)OC[C@@H](C)C1=C(O)C(=O)[C@@]2(C)C/C=C(\C)CC/C=C(\C)CC[C@H](O)[C@@]3(C)O[C@@H]3C[C@H]12. The molecule has 0 spiro atoms. The molecule has 1 heterocycles. The third-order valence-corrected chi connectivity index (χ3v) is 8.03. The first-order valence-electron chi connectivity index (χ1n) is 12.2. The molecule has 0 amide bonds. The molecule has 184 valence electrons. The first-order chi connectivity index (χ1) is 15.4. The molecule has 3 aliphatic rings. The van der Waals surface area contributed by atoms with Crippen molar-refractivity contribution in [1.29, 1.82) is 0 Å². The van der Waals surface area contributed by atoms with E-state index < -0.39 is 17.1 Å². The Morgan fingerprint density at radius 1 is 1.24 bits per heavy atom. The molecule has 6 nitrogen and oxygen atoms in total. The van der Waals surface area contributed by atoms with E-state index in [1.807, 2.05) is 20.8 Å². The molecule has 0 aromatic rings. The molecule has 0 saturated carbocycles. The van der Waals surface area contributed by atoms with Crippen LogP contribution in [0.4, 0.5) is 0 Å². The van der Waals surface area contributed by atoms with Crippen molar-refractivity contribution >= 4 is 11.8 Å². The number of aliphatic hydroxyl groups excluding tert-OH is 2. The molecule has 0 aromatic carbocycles. The number of carbonyl (C=O) groups is 2. The number of fused-ring (bicyclic) bond motifs is 2. The maximum absolute atomic E-state index is 13.4.